The number of amides is 1. The number of anilines is 1. The van der Waals surface area contributed by atoms with Crippen molar-refractivity contribution in [3.8, 4) is 11.5 Å². The van der Waals surface area contributed by atoms with Gasteiger partial charge in [-0.1, -0.05) is 18.2 Å². The summed E-state index contributed by atoms with van der Waals surface area (Å²) in [4.78, 5) is 10.9. The summed E-state index contributed by atoms with van der Waals surface area (Å²) in [6.07, 6.45) is -0.629. The van der Waals surface area contributed by atoms with Crippen molar-refractivity contribution in [2.75, 3.05) is 12.4 Å². The van der Waals surface area contributed by atoms with E-state index in [-0.39, 0.29) is 5.11 Å². The van der Waals surface area contributed by atoms with E-state index in [2.05, 4.69) is 20.9 Å². The van der Waals surface area contributed by atoms with E-state index >= 15 is 0 Å². The summed E-state index contributed by atoms with van der Waals surface area (Å²) < 4.78 is 10.1. The van der Waals surface area contributed by atoms with Gasteiger partial charge in [-0.05, 0) is 48.6 Å². The van der Waals surface area contributed by atoms with Gasteiger partial charge in [0.1, 0.15) is 11.5 Å². The second kappa shape index (κ2) is 7.84. The molecule has 0 radical (unpaired) electrons. The lowest BCUT2D eigenvalue weighted by atomic mass is 10.3. The molecule has 0 saturated heterocycles. The maximum atomic E-state index is 10.9. The zero-order chi connectivity index (χ0) is 15.8. The van der Waals surface area contributed by atoms with Crippen LogP contribution in [0.5, 0.6) is 11.5 Å². The molecular formula is C15H15N3O3S. The highest BCUT2D eigenvalue weighted by Gasteiger charge is 2.01. The Balaban J connectivity index is 1.86. The van der Waals surface area contributed by atoms with Crippen LogP contribution < -0.4 is 20.9 Å². The zero-order valence-corrected chi connectivity index (χ0v) is 12.6. The summed E-state index contributed by atoms with van der Waals surface area (Å²) in [5.41, 5.74) is 5.51. The van der Waals surface area contributed by atoms with Crippen LogP contribution in [0.15, 0.2) is 54.6 Å². The average Bonchev–Trinajstić information content (AvgIpc) is 2.55. The Kier molecular flexibility index (Phi) is 5.56. The molecule has 0 fully saturated rings. The lowest BCUT2D eigenvalue weighted by molar-refractivity contribution is 0.169. The molecule has 0 aliphatic heterocycles. The van der Waals surface area contributed by atoms with Crippen LogP contribution in [0.2, 0.25) is 0 Å². The van der Waals surface area contributed by atoms with Gasteiger partial charge in [0.2, 0.25) is 0 Å². The number of thiocarbonyl (C=S) groups is 1. The molecule has 0 atom stereocenters. The second-order valence-electron chi connectivity index (χ2n) is 4.14. The summed E-state index contributed by atoms with van der Waals surface area (Å²) in [5, 5.41) is 3.15. The first kappa shape index (κ1) is 15.6. The number of rotatable bonds is 3. The SMILES string of the molecule is COC(=O)NNC(=S)Nc1ccc(Oc2ccccc2)cc1. The van der Waals surface area contributed by atoms with Gasteiger partial charge in [0.25, 0.3) is 0 Å². The van der Waals surface area contributed by atoms with Crippen LogP contribution >= 0.6 is 12.2 Å². The van der Waals surface area contributed by atoms with Gasteiger partial charge in [-0.2, -0.15) is 0 Å². The van der Waals surface area contributed by atoms with Gasteiger partial charge >= 0.3 is 6.09 Å². The van der Waals surface area contributed by atoms with E-state index in [4.69, 9.17) is 17.0 Å². The quantitative estimate of drug-likeness (QED) is 0.597. The van der Waals surface area contributed by atoms with Crippen molar-refractivity contribution in [2.45, 2.75) is 0 Å². The summed E-state index contributed by atoms with van der Waals surface area (Å²) in [6, 6.07) is 16.7. The van der Waals surface area contributed by atoms with E-state index in [9.17, 15) is 4.79 Å². The first-order valence-electron chi connectivity index (χ1n) is 6.41. The normalized spacial score (nSPS) is 9.50. The Bertz CT molecular complexity index is 632. The molecule has 7 heteroatoms. The minimum Gasteiger partial charge on any atom is -0.457 e. The smallest absolute Gasteiger partial charge is 0.425 e. The Morgan fingerprint density at radius 1 is 0.955 bits per heavy atom. The number of nitrogens with one attached hydrogen (secondary N) is 3. The standard InChI is InChI=1S/C15H15N3O3S/c1-20-15(19)18-17-14(22)16-11-7-9-13(10-8-11)21-12-5-3-2-4-6-12/h2-10H,1H3,(H,18,19)(H2,16,17,22). The molecule has 0 unspecified atom stereocenters. The van der Waals surface area contributed by atoms with Crippen molar-refractivity contribution in [3.63, 3.8) is 0 Å². The fourth-order valence-corrected chi connectivity index (χ4v) is 1.72. The highest BCUT2D eigenvalue weighted by atomic mass is 32.1. The molecule has 114 valence electrons. The molecule has 6 nitrogen and oxygen atoms in total. The topological polar surface area (TPSA) is 71.6 Å². The van der Waals surface area contributed by atoms with Gasteiger partial charge in [0.15, 0.2) is 5.11 Å². The molecule has 22 heavy (non-hydrogen) atoms. The van der Waals surface area contributed by atoms with Crippen molar-refractivity contribution >= 4 is 29.1 Å². The van der Waals surface area contributed by atoms with Crippen LogP contribution in [-0.4, -0.2) is 18.3 Å². The Labute approximate surface area is 133 Å². The van der Waals surface area contributed by atoms with E-state index in [1.54, 1.807) is 0 Å². The first-order valence-corrected chi connectivity index (χ1v) is 6.82. The molecule has 2 rings (SSSR count). The number of para-hydroxylation sites is 1. The molecule has 0 saturated carbocycles. The molecule has 2 aromatic carbocycles. The fraction of sp³-hybridized carbons (Fsp3) is 0.0667. The maximum Gasteiger partial charge on any atom is 0.425 e. The van der Waals surface area contributed by atoms with Crippen molar-refractivity contribution < 1.29 is 14.3 Å². The van der Waals surface area contributed by atoms with Crippen molar-refractivity contribution in [2.24, 2.45) is 0 Å². The average molecular weight is 317 g/mol. The lowest BCUT2D eigenvalue weighted by Gasteiger charge is -2.11. The third-order valence-corrected chi connectivity index (χ3v) is 2.76. The van der Waals surface area contributed by atoms with E-state index < -0.39 is 6.09 Å². The number of methoxy groups -OCH3 is 1. The third kappa shape index (κ3) is 4.95. The number of hydrogen-bond acceptors (Lipinski definition) is 4. The molecule has 2 aromatic rings. The van der Waals surface area contributed by atoms with Gasteiger partial charge in [-0.3, -0.25) is 5.43 Å². The summed E-state index contributed by atoms with van der Waals surface area (Å²) >= 11 is 5.02. The first-order chi connectivity index (χ1) is 10.7. The molecule has 0 heterocycles. The molecule has 0 aliphatic carbocycles. The van der Waals surface area contributed by atoms with Gasteiger partial charge in [-0.15, -0.1) is 0 Å². The summed E-state index contributed by atoms with van der Waals surface area (Å²) in [6.45, 7) is 0. The van der Waals surface area contributed by atoms with E-state index in [1.807, 2.05) is 54.6 Å². The molecular weight excluding hydrogens is 302 g/mol. The van der Waals surface area contributed by atoms with Crippen molar-refractivity contribution in [1.82, 2.24) is 10.9 Å². The van der Waals surface area contributed by atoms with Gasteiger partial charge in [-0.25, -0.2) is 10.2 Å². The fourth-order valence-electron chi connectivity index (χ4n) is 1.55. The van der Waals surface area contributed by atoms with Crippen molar-refractivity contribution in [1.29, 1.82) is 0 Å². The Hall–Kier alpha value is -2.80. The molecule has 0 aliphatic rings. The number of hydrogen-bond donors (Lipinski definition) is 3. The Morgan fingerprint density at radius 3 is 2.23 bits per heavy atom. The predicted molar refractivity (Wildman–Crippen MR) is 87.9 cm³/mol. The van der Waals surface area contributed by atoms with Crippen molar-refractivity contribution in [3.05, 3.63) is 54.6 Å². The lowest BCUT2D eigenvalue weighted by Crippen LogP contribution is -2.43. The van der Waals surface area contributed by atoms with Gasteiger partial charge in [0, 0.05) is 5.69 Å². The molecule has 0 aromatic heterocycles. The monoisotopic (exact) mass is 317 g/mol. The largest absolute Gasteiger partial charge is 0.457 e. The zero-order valence-electron chi connectivity index (χ0n) is 11.8. The Morgan fingerprint density at radius 2 is 1.59 bits per heavy atom. The summed E-state index contributed by atoms with van der Waals surface area (Å²) in [7, 11) is 1.26. The molecule has 0 spiro atoms. The number of carbonyl (C=O) groups excluding carboxylic acids is 1. The second-order valence-corrected chi connectivity index (χ2v) is 4.54. The van der Waals surface area contributed by atoms with Gasteiger partial charge < -0.3 is 14.8 Å². The molecule has 3 N–H and O–H groups in total. The minimum atomic E-state index is -0.629. The van der Waals surface area contributed by atoms with Gasteiger partial charge in [0.05, 0.1) is 7.11 Å². The van der Waals surface area contributed by atoms with Crippen LogP contribution in [0.4, 0.5) is 10.5 Å². The number of ether oxygens (including phenoxy) is 2. The summed E-state index contributed by atoms with van der Waals surface area (Å²) in [5.74, 6) is 1.48. The number of carbonyl (C=O) groups is 1. The van der Waals surface area contributed by atoms with Crippen LogP contribution in [0, 0.1) is 0 Å². The van der Waals surface area contributed by atoms with E-state index in [1.165, 1.54) is 7.11 Å². The highest BCUT2D eigenvalue weighted by Crippen LogP contribution is 2.22. The minimum absolute atomic E-state index is 0.238. The number of hydrazine groups is 1. The molecule has 1 amide bonds. The van der Waals surface area contributed by atoms with Crippen LogP contribution in [0.25, 0.3) is 0 Å². The molecule has 0 bridgehead atoms. The maximum absolute atomic E-state index is 10.9. The predicted octanol–water partition coefficient (Wildman–Crippen LogP) is 3.04. The van der Waals surface area contributed by atoms with Crippen LogP contribution in [0.3, 0.4) is 0 Å². The highest BCUT2D eigenvalue weighted by molar-refractivity contribution is 7.80. The van der Waals surface area contributed by atoms with E-state index in [0.29, 0.717) is 5.75 Å². The van der Waals surface area contributed by atoms with Crippen LogP contribution in [-0.2, 0) is 4.74 Å². The third-order valence-electron chi connectivity index (χ3n) is 2.55. The number of benzene rings is 2. The van der Waals surface area contributed by atoms with Crippen LogP contribution in [0.1, 0.15) is 0 Å². The van der Waals surface area contributed by atoms with E-state index in [0.717, 1.165) is 11.4 Å².